The van der Waals surface area contributed by atoms with Crippen LogP contribution in [0.4, 0.5) is 0 Å². The first kappa shape index (κ1) is 14.4. The second-order valence-electron chi connectivity index (χ2n) is 4.64. The van der Waals surface area contributed by atoms with Crippen LogP contribution in [0.25, 0.3) is 0 Å². The average Bonchev–Trinajstić information content (AvgIpc) is 2.38. The molecule has 1 atom stereocenters. The zero-order chi connectivity index (χ0) is 13.5. The number of para-hydroxylation sites is 1. The second kappa shape index (κ2) is 6.89. The topological polar surface area (TPSA) is 67.8 Å². The van der Waals surface area contributed by atoms with Gasteiger partial charge in [-0.2, -0.15) is 0 Å². The van der Waals surface area contributed by atoms with E-state index in [1.165, 1.54) is 5.56 Å². The number of ether oxygens (including phenoxy) is 1. The van der Waals surface area contributed by atoms with Gasteiger partial charge in [-0.1, -0.05) is 44.1 Å². The number of nitrogens with two attached hydrogens (primary N) is 1. The number of oxime groups is 1. The molecule has 1 unspecified atom stereocenters. The Balaban J connectivity index is 2.81. The van der Waals surface area contributed by atoms with E-state index < -0.39 is 0 Å². The molecule has 1 aromatic carbocycles. The zero-order valence-electron chi connectivity index (χ0n) is 11.3. The molecule has 0 aliphatic carbocycles. The van der Waals surface area contributed by atoms with Gasteiger partial charge >= 0.3 is 0 Å². The molecule has 0 radical (unpaired) electrons. The van der Waals surface area contributed by atoms with Gasteiger partial charge in [0.05, 0.1) is 0 Å². The molecule has 0 spiro atoms. The van der Waals surface area contributed by atoms with E-state index in [-0.39, 0.29) is 11.9 Å². The largest absolute Gasteiger partial charge is 0.490 e. The van der Waals surface area contributed by atoms with Crippen LogP contribution in [0.5, 0.6) is 5.75 Å². The van der Waals surface area contributed by atoms with E-state index in [1.807, 2.05) is 25.1 Å². The lowest BCUT2D eigenvalue weighted by Crippen LogP contribution is -2.25. The molecule has 0 bridgehead atoms. The normalized spacial score (nSPS) is 13.7. The highest BCUT2D eigenvalue weighted by molar-refractivity contribution is 5.80. The van der Waals surface area contributed by atoms with Crippen molar-refractivity contribution in [1.82, 2.24) is 0 Å². The van der Waals surface area contributed by atoms with Crippen molar-refractivity contribution in [3.63, 3.8) is 0 Å². The Morgan fingerprint density at radius 2 is 2.06 bits per heavy atom. The van der Waals surface area contributed by atoms with Crippen molar-refractivity contribution < 1.29 is 9.94 Å². The lowest BCUT2D eigenvalue weighted by Gasteiger charge is -2.20. The standard InChI is InChI=1S/C14H22N2O2/c1-4-11(9-14(15)16-17)18-13-8-6-5-7-12(13)10(2)3/h5-8,10-11,17H,4,9H2,1-3H3,(H2,15,16). The maximum Gasteiger partial charge on any atom is 0.142 e. The highest BCUT2D eigenvalue weighted by Crippen LogP contribution is 2.27. The average molecular weight is 250 g/mol. The van der Waals surface area contributed by atoms with Crippen LogP contribution >= 0.6 is 0 Å². The van der Waals surface area contributed by atoms with Gasteiger partial charge in [0.25, 0.3) is 0 Å². The number of hydrogen-bond donors (Lipinski definition) is 2. The highest BCUT2D eigenvalue weighted by Gasteiger charge is 2.14. The van der Waals surface area contributed by atoms with Crippen molar-refractivity contribution in [3.8, 4) is 5.75 Å². The van der Waals surface area contributed by atoms with E-state index in [2.05, 4.69) is 25.1 Å². The number of rotatable bonds is 6. The van der Waals surface area contributed by atoms with Crippen molar-refractivity contribution in [2.24, 2.45) is 10.9 Å². The summed E-state index contributed by atoms with van der Waals surface area (Å²) in [6.07, 6.45) is 1.17. The number of nitrogens with zero attached hydrogens (tertiary/aromatic N) is 1. The fourth-order valence-corrected chi connectivity index (χ4v) is 1.79. The van der Waals surface area contributed by atoms with Gasteiger partial charge < -0.3 is 15.7 Å². The second-order valence-corrected chi connectivity index (χ2v) is 4.64. The third-order valence-corrected chi connectivity index (χ3v) is 2.86. The quantitative estimate of drug-likeness (QED) is 0.353. The molecule has 3 N–H and O–H groups in total. The molecule has 4 nitrogen and oxygen atoms in total. The van der Waals surface area contributed by atoms with Gasteiger partial charge in [-0.3, -0.25) is 0 Å². The van der Waals surface area contributed by atoms with E-state index in [4.69, 9.17) is 15.7 Å². The molecule has 4 heteroatoms. The molecule has 0 saturated carbocycles. The highest BCUT2D eigenvalue weighted by atomic mass is 16.5. The number of hydrogen-bond acceptors (Lipinski definition) is 3. The molecule has 18 heavy (non-hydrogen) atoms. The van der Waals surface area contributed by atoms with Gasteiger partial charge in [0.15, 0.2) is 0 Å². The summed E-state index contributed by atoms with van der Waals surface area (Å²) in [4.78, 5) is 0. The van der Waals surface area contributed by atoms with E-state index in [0.717, 1.165) is 12.2 Å². The van der Waals surface area contributed by atoms with Crippen molar-refractivity contribution in [3.05, 3.63) is 29.8 Å². The zero-order valence-corrected chi connectivity index (χ0v) is 11.3. The first-order chi connectivity index (χ1) is 8.58. The molecule has 0 saturated heterocycles. The molecular formula is C14H22N2O2. The molecule has 1 aromatic rings. The molecule has 100 valence electrons. The summed E-state index contributed by atoms with van der Waals surface area (Å²) in [5.41, 5.74) is 6.70. The Bertz CT molecular complexity index is 403. The minimum absolute atomic E-state index is 0.0687. The maximum absolute atomic E-state index is 8.60. The smallest absolute Gasteiger partial charge is 0.142 e. The van der Waals surface area contributed by atoms with E-state index in [1.54, 1.807) is 0 Å². The van der Waals surface area contributed by atoms with Crippen LogP contribution < -0.4 is 10.5 Å². The summed E-state index contributed by atoms with van der Waals surface area (Å²) >= 11 is 0. The third-order valence-electron chi connectivity index (χ3n) is 2.86. The van der Waals surface area contributed by atoms with E-state index in [9.17, 15) is 0 Å². The molecule has 0 aliphatic heterocycles. The molecule has 1 rings (SSSR count). The van der Waals surface area contributed by atoms with Crippen molar-refractivity contribution in [2.45, 2.75) is 45.6 Å². The summed E-state index contributed by atoms with van der Waals surface area (Å²) in [7, 11) is 0. The Kier molecular flexibility index (Phi) is 5.49. The van der Waals surface area contributed by atoms with Crippen LogP contribution in [-0.4, -0.2) is 17.1 Å². The predicted octanol–water partition coefficient (Wildman–Crippen LogP) is 3.10. The van der Waals surface area contributed by atoms with Crippen molar-refractivity contribution >= 4 is 5.84 Å². The Hall–Kier alpha value is -1.71. The van der Waals surface area contributed by atoms with Crippen molar-refractivity contribution in [1.29, 1.82) is 0 Å². The Morgan fingerprint density at radius 1 is 1.39 bits per heavy atom. The summed E-state index contributed by atoms with van der Waals surface area (Å²) in [6, 6.07) is 7.99. The van der Waals surface area contributed by atoms with Gasteiger partial charge in [0, 0.05) is 6.42 Å². The monoisotopic (exact) mass is 250 g/mol. The molecule has 0 amide bonds. The van der Waals surface area contributed by atoms with Gasteiger partial charge in [-0.05, 0) is 24.0 Å². The number of amidine groups is 1. The van der Waals surface area contributed by atoms with Gasteiger partial charge in [0.1, 0.15) is 17.7 Å². The summed E-state index contributed by atoms with van der Waals surface area (Å²) in [5.74, 6) is 1.48. The Labute approximate surface area is 108 Å². The summed E-state index contributed by atoms with van der Waals surface area (Å²) in [6.45, 7) is 6.28. The molecule has 0 aromatic heterocycles. The van der Waals surface area contributed by atoms with Crippen LogP contribution in [-0.2, 0) is 0 Å². The summed E-state index contributed by atoms with van der Waals surface area (Å²) < 4.78 is 5.96. The van der Waals surface area contributed by atoms with Crippen molar-refractivity contribution in [2.75, 3.05) is 0 Å². The summed E-state index contributed by atoms with van der Waals surface area (Å²) in [5, 5.41) is 11.6. The fourth-order valence-electron chi connectivity index (χ4n) is 1.79. The molecule has 0 heterocycles. The molecular weight excluding hydrogens is 228 g/mol. The van der Waals surface area contributed by atoms with Gasteiger partial charge in [-0.25, -0.2) is 0 Å². The lowest BCUT2D eigenvalue weighted by atomic mass is 10.0. The van der Waals surface area contributed by atoms with Gasteiger partial charge in [0.2, 0.25) is 0 Å². The first-order valence-corrected chi connectivity index (χ1v) is 6.30. The number of benzene rings is 1. The SMILES string of the molecule is CCC(C/C(N)=N/O)Oc1ccccc1C(C)C. The molecule has 0 aliphatic rings. The Morgan fingerprint density at radius 3 is 2.61 bits per heavy atom. The van der Waals surface area contributed by atoms with Crippen LogP contribution in [0.3, 0.4) is 0 Å². The van der Waals surface area contributed by atoms with Crippen LogP contribution in [0.2, 0.25) is 0 Å². The van der Waals surface area contributed by atoms with E-state index >= 15 is 0 Å². The first-order valence-electron chi connectivity index (χ1n) is 6.30. The van der Waals surface area contributed by atoms with Crippen LogP contribution in [0, 0.1) is 0 Å². The lowest BCUT2D eigenvalue weighted by molar-refractivity contribution is 0.200. The predicted molar refractivity (Wildman–Crippen MR) is 73.3 cm³/mol. The van der Waals surface area contributed by atoms with Crippen LogP contribution in [0.15, 0.2) is 29.4 Å². The van der Waals surface area contributed by atoms with Gasteiger partial charge in [-0.15, -0.1) is 0 Å². The third kappa shape index (κ3) is 3.95. The fraction of sp³-hybridized carbons (Fsp3) is 0.500. The van der Waals surface area contributed by atoms with E-state index in [0.29, 0.717) is 12.3 Å². The minimum atomic E-state index is -0.0687. The maximum atomic E-state index is 8.60. The minimum Gasteiger partial charge on any atom is -0.490 e. The molecule has 0 fully saturated rings. The van der Waals surface area contributed by atoms with Crippen LogP contribution in [0.1, 0.15) is 45.1 Å².